The Kier molecular flexibility index (Phi) is 7.59. The van der Waals surface area contributed by atoms with Crippen molar-refractivity contribution in [3.8, 4) is 5.75 Å². The molecule has 0 atom stereocenters. The highest BCUT2D eigenvalue weighted by atomic mass is 16.5. The van der Waals surface area contributed by atoms with Crippen LogP contribution in [0.1, 0.15) is 28.8 Å². The number of hydrogen-bond acceptors (Lipinski definition) is 4. The van der Waals surface area contributed by atoms with Crippen LogP contribution in [0.15, 0.2) is 78.9 Å². The van der Waals surface area contributed by atoms with Gasteiger partial charge < -0.3 is 20.3 Å². The molecule has 0 saturated carbocycles. The number of rotatable bonds is 9. The highest BCUT2D eigenvalue weighted by molar-refractivity contribution is 5.98. The summed E-state index contributed by atoms with van der Waals surface area (Å²) >= 11 is 0. The molecule has 0 spiro atoms. The Hall–Kier alpha value is -3.80. The van der Waals surface area contributed by atoms with Crippen LogP contribution in [-0.4, -0.2) is 43.0 Å². The Balaban J connectivity index is 1.25. The zero-order valence-electron chi connectivity index (χ0n) is 18.6. The molecule has 1 heterocycles. The molecule has 0 bridgehead atoms. The average molecular weight is 444 g/mol. The van der Waals surface area contributed by atoms with Gasteiger partial charge in [0.05, 0.1) is 13.2 Å². The van der Waals surface area contributed by atoms with Crippen molar-refractivity contribution in [3.05, 3.63) is 90.0 Å². The molecule has 6 heteroatoms. The van der Waals surface area contributed by atoms with Crippen LogP contribution >= 0.6 is 0 Å². The second-order valence-electron chi connectivity index (χ2n) is 8.09. The van der Waals surface area contributed by atoms with Gasteiger partial charge in [-0.1, -0.05) is 42.5 Å². The molecule has 1 fully saturated rings. The maximum atomic E-state index is 12.6. The van der Waals surface area contributed by atoms with Crippen LogP contribution in [0.5, 0.6) is 5.75 Å². The summed E-state index contributed by atoms with van der Waals surface area (Å²) in [4.78, 5) is 26.9. The van der Waals surface area contributed by atoms with Gasteiger partial charge in [-0.3, -0.25) is 9.59 Å². The molecule has 0 unspecified atom stereocenters. The van der Waals surface area contributed by atoms with Crippen molar-refractivity contribution in [1.29, 1.82) is 0 Å². The van der Waals surface area contributed by atoms with E-state index in [9.17, 15) is 9.59 Å². The Morgan fingerprint density at radius 1 is 0.848 bits per heavy atom. The fourth-order valence-electron chi connectivity index (χ4n) is 3.85. The van der Waals surface area contributed by atoms with E-state index in [-0.39, 0.29) is 18.4 Å². The number of likely N-dealkylation sites (tertiary alicyclic amines) is 1. The largest absolute Gasteiger partial charge is 0.493 e. The standard InChI is InChI=1S/C27H29N3O3/c31-26(29-24-12-6-10-22(18-24)27(32)30-15-4-5-16-30)20-28-23-11-7-13-25(19-23)33-17-14-21-8-2-1-3-9-21/h1-3,6-13,18-19,28H,4-5,14-17,20H2,(H,29,31). The van der Waals surface area contributed by atoms with Gasteiger partial charge >= 0.3 is 0 Å². The molecular weight excluding hydrogens is 414 g/mol. The van der Waals surface area contributed by atoms with E-state index in [0.717, 1.165) is 43.8 Å². The van der Waals surface area contributed by atoms with Crippen molar-refractivity contribution in [3.63, 3.8) is 0 Å². The lowest BCUT2D eigenvalue weighted by molar-refractivity contribution is -0.114. The zero-order chi connectivity index (χ0) is 22.9. The summed E-state index contributed by atoms with van der Waals surface area (Å²) in [6.07, 6.45) is 2.93. The molecule has 4 rings (SSSR count). The third kappa shape index (κ3) is 6.59. The van der Waals surface area contributed by atoms with E-state index in [4.69, 9.17) is 4.74 Å². The summed E-state index contributed by atoms with van der Waals surface area (Å²) in [5.41, 5.74) is 3.25. The van der Waals surface area contributed by atoms with Gasteiger partial charge in [0.25, 0.3) is 5.91 Å². The van der Waals surface area contributed by atoms with Crippen LogP contribution in [0.25, 0.3) is 0 Å². The third-order valence-corrected chi connectivity index (χ3v) is 5.58. The van der Waals surface area contributed by atoms with Gasteiger partial charge in [0.1, 0.15) is 5.75 Å². The second kappa shape index (κ2) is 11.2. The molecule has 170 valence electrons. The number of carbonyl (C=O) groups excluding carboxylic acids is 2. The first kappa shape index (κ1) is 22.4. The number of nitrogens with zero attached hydrogens (tertiary/aromatic N) is 1. The minimum absolute atomic E-state index is 0.0193. The lowest BCUT2D eigenvalue weighted by Crippen LogP contribution is -2.27. The van der Waals surface area contributed by atoms with Gasteiger partial charge in [0.15, 0.2) is 0 Å². The first-order chi connectivity index (χ1) is 16.2. The van der Waals surface area contributed by atoms with E-state index in [1.54, 1.807) is 24.3 Å². The molecule has 0 aliphatic carbocycles. The maximum absolute atomic E-state index is 12.6. The summed E-state index contributed by atoms with van der Waals surface area (Å²) in [7, 11) is 0. The summed E-state index contributed by atoms with van der Waals surface area (Å²) < 4.78 is 5.85. The van der Waals surface area contributed by atoms with Crippen LogP contribution < -0.4 is 15.4 Å². The van der Waals surface area contributed by atoms with Crippen molar-refractivity contribution in [2.45, 2.75) is 19.3 Å². The second-order valence-corrected chi connectivity index (χ2v) is 8.09. The molecule has 0 radical (unpaired) electrons. The highest BCUT2D eigenvalue weighted by Crippen LogP contribution is 2.19. The van der Waals surface area contributed by atoms with Gasteiger partial charge in [-0.15, -0.1) is 0 Å². The number of hydrogen-bond donors (Lipinski definition) is 2. The highest BCUT2D eigenvalue weighted by Gasteiger charge is 2.19. The average Bonchev–Trinajstić information content (AvgIpc) is 3.39. The van der Waals surface area contributed by atoms with Crippen LogP contribution in [0.4, 0.5) is 11.4 Å². The van der Waals surface area contributed by atoms with Crippen molar-refractivity contribution in [2.75, 3.05) is 36.9 Å². The number of amides is 2. The van der Waals surface area contributed by atoms with Crippen LogP contribution in [0.3, 0.4) is 0 Å². The minimum Gasteiger partial charge on any atom is -0.493 e. The fourth-order valence-corrected chi connectivity index (χ4v) is 3.85. The molecular formula is C27H29N3O3. The van der Waals surface area contributed by atoms with Crippen molar-refractivity contribution >= 4 is 23.2 Å². The van der Waals surface area contributed by atoms with Crippen molar-refractivity contribution < 1.29 is 14.3 Å². The van der Waals surface area contributed by atoms with Gasteiger partial charge in [-0.25, -0.2) is 0 Å². The van der Waals surface area contributed by atoms with Gasteiger partial charge in [0, 0.05) is 42.5 Å². The number of ether oxygens (including phenoxy) is 1. The predicted molar refractivity (Wildman–Crippen MR) is 131 cm³/mol. The van der Waals surface area contributed by atoms with Crippen LogP contribution in [0.2, 0.25) is 0 Å². The Morgan fingerprint density at radius 3 is 2.42 bits per heavy atom. The first-order valence-corrected chi connectivity index (χ1v) is 11.4. The lowest BCUT2D eigenvalue weighted by atomic mass is 10.1. The van der Waals surface area contributed by atoms with Crippen LogP contribution in [-0.2, 0) is 11.2 Å². The molecule has 2 amide bonds. The van der Waals surface area contributed by atoms with E-state index < -0.39 is 0 Å². The smallest absolute Gasteiger partial charge is 0.253 e. The molecule has 3 aromatic rings. The fraction of sp³-hybridized carbons (Fsp3) is 0.259. The van der Waals surface area contributed by atoms with E-state index in [1.165, 1.54) is 5.56 Å². The molecule has 6 nitrogen and oxygen atoms in total. The van der Waals surface area contributed by atoms with Crippen molar-refractivity contribution in [1.82, 2.24) is 4.90 Å². The van der Waals surface area contributed by atoms with Gasteiger partial charge in [0.2, 0.25) is 5.91 Å². The first-order valence-electron chi connectivity index (χ1n) is 11.4. The SMILES string of the molecule is O=C(CNc1cccc(OCCc2ccccc2)c1)Nc1cccc(C(=O)N2CCCC2)c1. The van der Waals surface area contributed by atoms with Gasteiger partial charge in [-0.2, -0.15) is 0 Å². The Labute approximate surface area is 194 Å². The molecule has 1 saturated heterocycles. The topological polar surface area (TPSA) is 70.7 Å². The number of anilines is 2. The molecule has 3 aromatic carbocycles. The molecule has 0 aromatic heterocycles. The zero-order valence-corrected chi connectivity index (χ0v) is 18.6. The van der Waals surface area contributed by atoms with Crippen LogP contribution in [0, 0.1) is 0 Å². The van der Waals surface area contributed by atoms with E-state index in [1.807, 2.05) is 47.4 Å². The van der Waals surface area contributed by atoms with Crippen molar-refractivity contribution in [2.24, 2.45) is 0 Å². The minimum atomic E-state index is -0.184. The Morgan fingerprint density at radius 2 is 1.61 bits per heavy atom. The normalized spacial score (nSPS) is 12.9. The summed E-state index contributed by atoms with van der Waals surface area (Å²) in [5, 5.41) is 5.99. The van der Waals surface area contributed by atoms with E-state index in [0.29, 0.717) is 17.9 Å². The van der Waals surface area contributed by atoms with E-state index >= 15 is 0 Å². The monoisotopic (exact) mass is 443 g/mol. The quantitative estimate of drug-likeness (QED) is 0.507. The summed E-state index contributed by atoms with van der Waals surface area (Å²) in [6.45, 7) is 2.29. The van der Waals surface area contributed by atoms with Gasteiger partial charge in [-0.05, 0) is 48.7 Å². The molecule has 33 heavy (non-hydrogen) atoms. The summed E-state index contributed by atoms with van der Waals surface area (Å²) in [6, 6.07) is 24.9. The Bertz CT molecular complexity index is 1080. The lowest BCUT2D eigenvalue weighted by Gasteiger charge is -2.16. The molecule has 1 aliphatic heterocycles. The number of carbonyl (C=O) groups is 2. The van der Waals surface area contributed by atoms with E-state index in [2.05, 4.69) is 22.8 Å². The molecule has 2 N–H and O–H groups in total. The summed E-state index contributed by atoms with van der Waals surface area (Å²) in [5.74, 6) is 0.589. The maximum Gasteiger partial charge on any atom is 0.253 e. The number of nitrogens with one attached hydrogen (secondary N) is 2. The predicted octanol–water partition coefficient (Wildman–Crippen LogP) is 4.59. The number of benzene rings is 3. The third-order valence-electron chi connectivity index (χ3n) is 5.58. The molecule has 1 aliphatic rings.